The Morgan fingerprint density at radius 1 is 1.31 bits per heavy atom. The van der Waals surface area contributed by atoms with Gasteiger partial charge in [0.1, 0.15) is 6.20 Å². The number of piperidine rings is 1. The molecule has 1 N–H and O–H groups in total. The Hall–Kier alpha value is -1.96. The average molecular weight is 379 g/mol. The zero-order chi connectivity index (χ0) is 18.7. The molecular formula is C18H23ClN4O3. The van der Waals surface area contributed by atoms with Crippen molar-refractivity contribution in [3.8, 4) is 0 Å². The molecule has 3 rings (SSSR count). The normalized spacial score (nSPS) is 18.6. The standard InChI is InChI=1S/C18H23ClN4O3/c1-18(24,13-22-11-16(23(25)26)20-17(22)19)12-21-9-7-15(8-10-21)14-5-3-2-4-6-14/h2-6,11,15,24H,7-10,12-13H2,1H3/t18-/m0/s1. The first kappa shape index (κ1) is 18.8. The van der Waals surface area contributed by atoms with E-state index in [1.807, 2.05) is 6.07 Å². The maximum atomic E-state index is 10.8. The summed E-state index contributed by atoms with van der Waals surface area (Å²) in [5, 5.41) is 21.6. The van der Waals surface area contributed by atoms with Gasteiger partial charge in [-0.1, -0.05) is 30.3 Å². The number of benzene rings is 1. The van der Waals surface area contributed by atoms with Gasteiger partial charge in [-0.05, 0) is 65.8 Å². The Bertz CT molecular complexity index is 755. The maximum absolute atomic E-state index is 10.8. The van der Waals surface area contributed by atoms with Crippen LogP contribution in [0.4, 0.5) is 5.82 Å². The second kappa shape index (κ2) is 7.73. The number of aromatic nitrogens is 2. The van der Waals surface area contributed by atoms with E-state index in [9.17, 15) is 15.2 Å². The van der Waals surface area contributed by atoms with Crippen LogP contribution in [0.15, 0.2) is 36.5 Å². The van der Waals surface area contributed by atoms with Crippen molar-refractivity contribution in [1.82, 2.24) is 14.5 Å². The van der Waals surface area contributed by atoms with E-state index in [1.165, 1.54) is 16.3 Å². The van der Waals surface area contributed by atoms with Crippen LogP contribution in [-0.2, 0) is 6.54 Å². The molecule has 0 bridgehead atoms. The summed E-state index contributed by atoms with van der Waals surface area (Å²) in [6.45, 7) is 4.18. The van der Waals surface area contributed by atoms with Crippen LogP contribution in [0.1, 0.15) is 31.2 Å². The van der Waals surface area contributed by atoms with E-state index in [0.29, 0.717) is 12.5 Å². The molecule has 1 atom stereocenters. The zero-order valence-corrected chi connectivity index (χ0v) is 15.5. The third kappa shape index (κ3) is 4.60. The molecule has 8 heteroatoms. The molecule has 0 aliphatic carbocycles. The molecule has 1 aliphatic heterocycles. The van der Waals surface area contributed by atoms with Crippen LogP contribution in [0.25, 0.3) is 0 Å². The van der Waals surface area contributed by atoms with Crippen molar-refractivity contribution in [1.29, 1.82) is 0 Å². The van der Waals surface area contributed by atoms with Crippen molar-refractivity contribution < 1.29 is 10.0 Å². The summed E-state index contributed by atoms with van der Waals surface area (Å²) in [5.41, 5.74) is 0.314. The Balaban J connectivity index is 1.56. The van der Waals surface area contributed by atoms with E-state index in [1.54, 1.807) is 6.92 Å². The number of β-amino-alcohol motifs (C(OH)–C–C–N with tert-alkyl or cyclic N) is 1. The Morgan fingerprint density at radius 3 is 2.54 bits per heavy atom. The lowest BCUT2D eigenvalue weighted by molar-refractivity contribution is -0.389. The van der Waals surface area contributed by atoms with Gasteiger partial charge in [-0.25, -0.2) is 0 Å². The molecule has 0 unspecified atom stereocenters. The molecule has 26 heavy (non-hydrogen) atoms. The highest BCUT2D eigenvalue weighted by Crippen LogP contribution is 2.29. The number of nitro groups is 1. The van der Waals surface area contributed by atoms with Gasteiger partial charge in [-0.15, -0.1) is 0 Å². The highest BCUT2D eigenvalue weighted by Gasteiger charge is 2.30. The van der Waals surface area contributed by atoms with Crippen LogP contribution < -0.4 is 0 Å². The summed E-state index contributed by atoms with van der Waals surface area (Å²) < 4.78 is 1.43. The lowest BCUT2D eigenvalue weighted by atomic mass is 9.89. The fourth-order valence-electron chi connectivity index (χ4n) is 3.63. The average Bonchev–Trinajstić information content (AvgIpc) is 2.96. The van der Waals surface area contributed by atoms with Crippen molar-refractivity contribution in [2.24, 2.45) is 0 Å². The van der Waals surface area contributed by atoms with Crippen LogP contribution in [0.3, 0.4) is 0 Å². The van der Waals surface area contributed by atoms with Gasteiger partial charge in [-0.2, -0.15) is 0 Å². The van der Waals surface area contributed by atoms with Crippen molar-refractivity contribution in [2.45, 2.75) is 37.8 Å². The quantitative estimate of drug-likeness (QED) is 0.616. The number of nitrogens with zero attached hydrogens (tertiary/aromatic N) is 4. The summed E-state index contributed by atoms with van der Waals surface area (Å²) in [6.07, 6.45) is 3.37. The third-order valence-electron chi connectivity index (χ3n) is 4.84. The molecule has 0 radical (unpaired) electrons. The van der Waals surface area contributed by atoms with E-state index in [2.05, 4.69) is 34.1 Å². The predicted molar refractivity (Wildman–Crippen MR) is 99.4 cm³/mol. The first-order valence-corrected chi connectivity index (χ1v) is 9.08. The zero-order valence-electron chi connectivity index (χ0n) is 14.7. The second-order valence-corrected chi connectivity index (χ2v) is 7.55. The number of aliphatic hydroxyl groups is 1. The lowest BCUT2D eigenvalue weighted by Crippen LogP contribution is -2.46. The molecule has 7 nitrogen and oxygen atoms in total. The number of imidazole rings is 1. The van der Waals surface area contributed by atoms with Crippen molar-refractivity contribution in [3.63, 3.8) is 0 Å². The highest BCUT2D eigenvalue weighted by molar-refractivity contribution is 6.28. The molecule has 1 fully saturated rings. The van der Waals surface area contributed by atoms with Gasteiger partial charge < -0.3 is 20.1 Å². The molecule has 2 heterocycles. The minimum atomic E-state index is -1.06. The van der Waals surface area contributed by atoms with Crippen LogP contribution in [0, 0.1) is 10.1 Å². The molecule has 0 spiro atoms. The third-order valence-corrected chi connectivity index (χ3v) is 5.14. The smallest absolute Gasteiger partial charge is 0.383 e. The van der Waals surface area contributed by atoms with Crippen LogP contribution in [0.5, 0.6) is 0 Å². The van der Waals surface area contributed by atoms with E-state index in [0.717, 1.165) is 25.9 Å². The first-order chi connectivity index (χ1) is 12.3. The summed E-state index contributed by atoms with van der Waals surface area (Å²) in [7, 11) is 0. The molecular weight excluding hydrogens is 356 g/mol. The van der Waals surface area contributed by atoms with Gasteiger partial charge in [0.05, 0.1) is 12.1 Å². The van der Waals surface area contributed by atoms with Gasteiger partial charge in [0, 0.05) is 6.54 Å². The monoisotopic (exact) mass is 378 g/mol. The van der Waals surface area contributed by atoms with Gasteiger partial charge in [0.2, 0.25) is 0 Å². The molecule has 1 aromatic carbocycles. The second-order valence-electron chi connectivity index (χ2n) is 7.21. The number of halogens is 1. The summed E-state index contributed by atoms with van der Waals surface area (Å²) in [6, 6.07) is 10.5. The van der Waals surface area contributed by atoms with Crippen molar-refractivity contribution >= 4 is 17.4 Å². The van der Waals surface area contributed by atoms with E-state index in [4.69, 9.17) is 11.6 Å². The summed E-state index contributed by atoms with van der Waals surface area (Å²) in [4.78, 5) is 16.1. The molecule has 0 saturated carbocycles. The van der Waals surface area contributed by atoms with Crippen molar-refractivity contribution in [2.75, 3.05) is 19.6 Å². The van der Waals surface area contributed by atoms with Crippen LogP contribution >= 0.6 is 11.6 Å². The number of hydrogen-bond acceptors (Lipinski definition) is 5. The lowest BCUT2D eigenvalue weighted by Gasteiger charge is -2.36. The van der Waals surface area contributed by atoms with Crippen LogP contribution in [0.2, 0.25) is 5.28 Å². The molecule has 0 amide bonds. The fraction of sp³-hybridized carbons (Fsp3) is 0.500. The molecule has 1 saturated heterocycles. The topological polar surface area (TPSA) is 84.4 Å². The van der Waals surface area contributed by atoms with E-state index < -0.39 is 10.5 Å². The predicted octanol–water partition coefficient (Wildman–Crippen LogP) is 3.08. The SMILES string of the molecule is C[C@](O)(CN1CCC(c2ccccc2)CC1)Cn1cc([N+](=O)[O-])nc1Cl. The van der Waals surface area contributed by atoms with E-state index in [-0.39, 0.29) is 17.6 Å². The number of rotatable bonds is 6. The fourth-order valence-corrected chi connectivity index (χ4v) is 3.82. The summed E-state index contributed by atoms with van der Waals surface area (Å²) in [5.74, 6) is 0.248. The van der Waals surface area contributed by atoms with E-state index >= 15 is 0 Å². The van der Waals surface area contributed by atoms with Gasteiger partial charge in [0.15, 0.2) is 0 Å². The molecule has 1 aliphatic rings. The molecule has 2 aromatic rings. The van der Waals surface area contributed by atoms with Crippen molar-refractivity contribution in [3.05, 3.63) is 57.5 Å². The number of likely N-dealkylation sites (tertiary alicyclic amines) is 1. The Labute approximate surface area is 157 Å². The van der Waals surface area contributed by atoms with Gasteiger partial charge in [0.25, 0.3) is 0 Å². The minimum absolute atomic E-state index is 0.0137. The van der Waals surface area contributed by atoms with Gasteiger partial charge >= 0.3 is 11.1 Å². The van der Waals surface area contributed by atoms with Gasteiger partial charge in [-0.3, -0.25) is 4.57 Å². The number of hydrogen-bond donors (Lipinski definition) is 1. The maximum Gasteiger partial charge on any atom is 0.383 e. The molecule has 140 valence electrons. The Morgan fingerprint density at radius 2 is 1.96 bits per heavy atom. The largest absolute Gasteiger partial charge is 0.387 e. The van der Waals surface area contributed by atoms with Crippen LogP contribution in [-0.4, -0.2) is 49.7 Å². The Kier molecular flexibility index (Phi) is 5.60. The highest BCUT2D eigenvalue weighted by atomic mass is 35.5. The first-order valence-electron chi connectivity index (χ1n) is 8.71. The summed E-state index contributed by atoms with van der Waals surface area (Å²) >= 11 is 5.95. The minimum Gasteiger partial charge on any atom is -0.387 e. The molecule has 1 aromatic heterocycles.